The Balaban J connectivity index is 0.000000289. The average molecular weight is 567 g/mol. The van der Waals surface area contributed by atoms with Crippen LogP contribution in [-0.2, 0) is 10.1 Å². The van der Waals surface area contributed by atoms with E-state index >= 15 is 0 Å². The van der Waals surface area contributed by atoms with Crippen molar-refractivity contribution < 1.29 is 31.2 Å². The zero-order chi connectivity index (χ0) is 28.9. The Morgan fingerprint density at radius 2 is 1.45 bits per heavy atom. The van der Waals surface area contributed by atoms with Crippen LogP contribution in [0.3, 0.4) is 0 Å². The first kappa shape index (κ1) is 28.8. The van der Waals surface area contributed by atoms with Crippen molar-refractivity contribution in [2.45, 2.75) is 12.4 Å². The van der Waals surface area contributed by atoms with E-state index in [0.29, 0.717) is 0 Å². The maximum atomic E-state index is 10.7. The van der Waals surface area contributed by atoms with Crippen LogP contribution in [0.4, 0.5) is 13.2 Å². The molecule has 0 fully saturated rings. The lowest BCUT2D eigenvalue weighted by Gasteiger charge is -2.09. The zero-order valence-corrected chi connectivity index (χ0v) is 22.1. The van der Waals surface area contributed by atoms with Gasteiger partial charge in [-0.3, -0.25) is 9.54 Å². The zero-order valence-electron chi connectivity index (χ0n) is 21.2. The summed E-state index contributed by atoms with van der Waals surface area (Å²) in [5.41, 5.74) is 0.384. The molecule has 206 valence electrons. The number of aliphatic hydroxyl groups excluding tert-OH is 1. The molecule has 0 bridgehead atoms. The standard InChI is InChI=1S/C27H18N2.C2H6O.CHF3O3S/c1-2-9-22(10-3-1)29-25-15-13-19-7-4-5-11-23(19)27(25)24-14-12-20(17-26(24)29)21-8-6-16-28-18-21;1-2-3;2-1(3,4)8(5,6)7/h1-18H;3H,2H2,1H3;(H,5,6,7). The van der Waals surface area contributed by atoms with Gasteiger partial charge in [-0.05, 0) is 53.6 Å². The largest absolute Gasteiger partial charge is 0.522 e. The molecule has 0 atom stereocenters. The van der Waals surface area contributed by atoms with Crippen molar-refractivity contribution >= 4 is 42.7 Å². The Morgan fingerprint density at radius 1 is 0.800 bits per heavy atom. The SMILES string of the molecule is CCO.O=S(=O)(O)C(F)(F)F.c1ccc(-n2c3cc(-c4cccnc4)ccc3c3c4ccccc4ccc32)cc1. The summed E-state index contributed by atoms with van der Waals surface area (Å²) in [6.07, 6.45) is 3.74. The molecule has 0 saturated heterocycles. The van der Waals surface area contributed by atoms with Crippen LogP contribution < -0.4 is 0 Å². The van der Waals surface area contributed by atoms with Crippen molar-refractivity contribution in [3.63, 3.8) is 0 Å². The summed E-state index contributed by atoms with van der Waals surface area (Å²) in [7, 11) is -5.84. The lowest BCUT2D eigenvalue weighted by atomic mass is 10.0. The van der Waals surface area contributed by atoms with E-state index in [2.05, 4.69) is 101 Å². The van der Waals surface area contributed by atoms with Crippen LogP contribution in [0.2, 0.25) is 0 Å². The second-order valence-electron chi connectivity index (χ2n) is 8.56. The fraction of sp³-hybridized carbons (Fsp3) is 0.100. The number of aliphatic hydroxyl groups is 1. The number of hydrogen-bond acceptors (Lipinski definition) is 4. The van der Waals surface area contributed by atoms with E-state index in [-0.39, 0.29) is 6.61 Å². The summed E-state index contributed by atoms with van der Waals surface area (Å²) in [6.45, 7) is 1.93. The van der Waals surface area contributed by atoms with E-state index in [9.17, 15) is 13.2 Å². The smallest absolute Gasteiger partial charge is 0.397 e. The van der Waals surface area contributed by atoms with Crippen LogP contribution in [0.25, 0.3) is 49.4 Å². The highest BCUT2D eigenvalue weighted by Gasteiger charge is 2.44. The third-order valence-electron chi connectivity index (χ3n) is 5.96. The minimum atomic E-state index is -5.84. The van der Waals surface area contributed by atoms with Crippen LogP contribution >= 0.6 is 0 Å². The Kier molecular flexibility index (Phi) is 8.53. The molecule has 0 aliphatic rings. The van der Waals surface area contributed by atoms with Gasteiger partial charge in [0, 0.05) is 41.0 Å². The van der Waals surface area contributed by atoms with Gasteiger partial charge in [-0.25, -0.2) is 0 Å². The van der Waals surface area contributed by atoms with Gasteiger partial charge in [0.15, 0.2) is 0 Å². The summed E-state index contributed by atoms with van der Waals surface area (Å²) in [6, 6.07) is 34.5. The molecule has 2 heterocycles. The molecule has 0 aliphatic carbocycles. The van der Waals surface area contributed by atoms with E-state index in [1.807, 2.05) is 18.5 Å². The fourth-order valence-electron chi connectivity index (χ4n) is 4.36. The predicted molar refractivity (Wildman–Crippen MR) is 152 cm³/mol. The number of pyridine rings is 1. The van der Waals surface area contributed by atoms with Crippen molar-refractivity contribution in [2.24, 2.45) is 0 Å². The maximum Gasteiger partial charge on any atom is 0.522 e. The third kappa shape index (κ3) is 5.99. The second-order valence-corrected chi connectivity index (χ2v) is 9.98. The molecule has 6 rings (SSSR count). The molecule has 4 aromatic carbocycles. The molecule has 0 aliphatic heterocycles. The van der Waals surface area contributed by atoms with Crippen LogP contribution in [0.1, 0.15) is 6.92 Å². The number of benzene rings is 4. The van der Waals surface area contributed by atoms with Gasteiger partial charge in [-0.15, -0.1) is 0 Å². The highest BCUT2D eigenvalue weighted by atomic mass is 32.2. The van der Waals surface area contributed by atoms with E-state index in [4.69, 9.17) is 18.1 Å². The van der Waals surface area contributed by atoms with Crippen molar-refractivity contribution in [3.8, 4) is 16.8 Å². The van der Waals surface area contributed by atoms with Gasteiger partial charge >= 0.3 is 15.6 Å². The third-order valence-corrected chi connectivity index (χ3v) is 6.54. The van der Waals surface area contributed by atoms with Gasteiger partial charge in [0.05, 0.1) is 11.0 Å². The molecule has 6 nitrogen and oxygen atoms in total. The topological polar surface area (TPSA) is 92.4 Å². The molecule has 0 spiro atoms. The molecular formula is C30H25F3N2O4S. The minimum Gasteiger partial charge on any atom is -0.397 e. The number of rotatable bonds is 2. The van der Waals surface area contributed by atoms with E-state index < -0.39 is 15.6 Å². The molecule has 0 amide bonds. The Hall–Kier alpha value is -4.25. The van der Waals surface area contributed by atoms with Crippen LogP contribution in [0.15, 0.2) is 109 Å². The summed E-state index contributed by atoms with van der Waals surface area (Å²) in [4.78, 5) is 4.30. The average Bonchev–Trinajstić information content (AvgIpc) is 3.28. The second kappa shape index (κ2) is 11.9. The summed E-state index contributed by atoms with van der Waals surface area (Å²) >= 11 is 0. The van der Waals surface area contributed by atoms with Gasteiger partial charge in [-0.1, -0.05) is 66.7 Å². The first-order valence-corrected chi connectivity index (χ1v) is 13.6. The Morgan fingerprint density at radius 3 is 2.08 bits per heavy atom. The van der Waals surface area contributed by atoms with Gasteiger partial charge < -0.3 is 9.67 Å². The molecule has 0 saturated carbocycles. The summed E-state index contributed by atoms with van der Waals surface area (Å²) in [5.74, 6) is 0. The minimum absolute atomic E-state index is 0.250. The molecule has 0 radical (unpaired) electrons. The van der Waals surface area contributed by atoms with Crippen molar-refractivity contribution in [1.29, 1.82) is 0 Å². The number of nitrogens with zero attached hydrogens (tertiary/aromatic N) is 2. The first-order chi connectivity index (χ1) is 19.1. The summed E-state index contributed by atoms with van der Waals surface area (Å²) < 4.78 is 59.9. The molecule has 6 aromatic rings. The van der Waals surface area contributed by atoms with Crippen LogP contribution in [0, 0.1) is 0 Å². The Labute approximate surface area is 228 Å². The number of halogens is 3. The van der Waals surface area contributed by atoms with Crippen molar-refractivity contribution in [2.75, 3.05) is 6.61 Å². The van der Waals surface area contributed by atoms with E-state index in [0.717, 1.165) is 5.56 Å². The molecular weight excluding hydrogens is 541 g/mol. The number of fused-ring (bicyclic) bond motifs is 5. The van der Waals surface area contributed by atoms with E-state index in [1.54, 1.807) is 6.92 Å². The quantitative estimate of drug-likeness (QED) is 0.168. The number of aromatic nitrogens is 2. The molecule has 2 N–H and O–H groups in total. The highest BCUT2D eigenvalue weighted by molar-refractivity contribution is 7.86. The highest BCUT2D eigenvalue weighted by Crippen LogP contribution is 2.38. The Bertz CT molecular complexity index is 1860. The molecule has 0 unspecified atom stereocenters. The number of para-hydroxylation sites is 1. The van der Waals surface area contributed by atoms with Crippen molar-refractivity contribution in [3.05, 3.63) is 109 Å². The monoisotopic (exact) mass is 566 g/mol. The lowest BCUT2D eigenvalue weighted by molar-refractivity contribution is -0.0510. The number of hydrogen-bond donors (Lipinski definition) is 2. The van der Waals surface area contributed by atoms with Gasteiger partial charge in [0.1, 0.15) is 0 Å². The normalized spacial score (nSPS) is 11.6. The van der Waals surface area contributed by atoms with Crippen molar-refractivity contribution in [1.82, 2.24) is 9.55 Å². The predicted octanol–water partition coefficient (Wildman–Crippen LogP) is 7.39. The molecule has 10 heteroatoms. The van der Waals surface area contributed by atoms with E-state index in [1.165, 1.54) is 43.8 Å². The van der Waals surface area contributed by atoms with Gasteiger partial charge in [0.25, 0.3) is 0 Å². The molecule has 2 aromatic heterocycles. The first-order valence-electron chi connectivity index (χ1n) is 12.1. The number of alkyl halides is 3. The summed E-state index contributed by atoms with van der Waals surface area (Å²) in [5, 5.41) is 12.7. The van der Waals surface area contributed by atoms with Gasteiger partial charge in [-0.2, -0.15) is 21.6 Å². The van der Waals surface area contributed by atoms with Crippen LogP contribution in [0.5, 0.6) is 0 Å². The fourth-order valence-corrected chi connectivity index (χ4v) is 4.36. The maximum absolute atomic E-state index is 10.7. The van der Waals surface area contributed by atoms with Gasteiger partial charge in [0.2, 0.25) is 0 Å². The lowest BCUT2D eigenvalue weighted by Crippen LogP contribution is -2.21. The van der Waals surface area contributed by atoms with Crippen LogP contribution in [-0.4, -0.2) is 39.7 Å². The molecule has 40 heavy (non-hydrogen) atoms.